The van der Waals surface area contributed by atoms with Gasteiger partial charge in [0.2, 0.25) is 5.78 Å². The summed E-state index contributed by atoms with van der Waals surface area (Å²) in [5.41, 5.74) is -0.355. The Labute approximate surface area is 83.7 Å². The number of aromatic amines is 1. The van der Waals surface area contributed by atoms with Crippen LogP contribution < -0.4 is 5.56 Å². The van der Waals surface area contributed by atoms with Crippen LogP contribution in [0.4, 0.5) is 0 Å². The van der Waals surface area contributed by atoms with E-state index in [2.05, 4.69) is 15.1 Å². The third-order valence-corrected chi connectivity index (χ3v) is 1.76. The van der Waals surface area contributed by atoms with E-state index in [1.807, 2.05) is 0 Å². The zero-order valence-electron chi connectivity index (χ0n) is 7.93. The molecule has 0 unspecified atom stereocenters. The van der Waals surface area contributed by atoms with Gasteiger partial charge >= 0.3 is 5.97 Å². The zero-order valence-corrected chi connectivity index (χ0v) is 7.93. The quantitative estimate of drug-likeness (QED) is 0.678. The van der Waals surface area contributed by atoms with Crippen LogP contribution in [0.15, 0.2) is 17.2 Å². The summed E-state index contributed by atoms with van der Waals surface area (Å²) in [6.07, 6.45) is 1.24. The summed E-state index contributed by atoms with van der Waals surface area (Å²) in [6, 6.07) is 1.12. The molecule has 0 aliphatic carbocycles. The standard InChI is InChI=1S/C8H8N4O3/c1-2-15-7(14)5-3-6(13)11-8-9-4-10-12(5)8/h3-4H,2H2,1H3,(H,9,10,11,13). The molecule has 0 aliphatic heterocycles. The number of aromatic nitrogens is 4. The first-order valence-electron chi connectivity index (χ1n) is 4.32. The second-order valence-corrected chi connectivity index (χ2v) is 2.73. The predicted octanol–water partition coefficient (Wildman–Crippen LogP) is -0.406. The summed E-state index contributed by atoms with van der Waals surface area (Å²) in [5, 5.41) is 3.80. The van der Waals surface area contributed by atoms with Crippen LogP contribution in [-0.2, 0) is 4.74 Å². The van der Waals surface area contributed by atoms with Gasteiger partial charge in [-0.05, 0) is 6.92 Å². The molecule has 7 heteroatoms. The van der Waals surface area contributed by atoms with Gasteiger partial charge in [-0.3, -0.25) is 9.78 Å². The van der Waals surface area contributed by atoms with Crippen molar-refractivity contribution in [3.63, 3.8) is 0 Å². The van der Waals surface area contributed by atoms with E-state index in [0.717, 1.165) is 6.07 Å². The highest BCUT2D eigenvalue weighted by Gasteiger charge is 2.13. The number of fused-ring (bicyclic) bond motifs is 1. The van der Waals surface area contributed by atoms with Crippen LogP contribution in [0.2, 0.25) is 0 Å². The molecule has 0 amide bonds. The Balaban J connectivity index is 2.63. The predicted molar refractivity (Wildman–Crippen MR) is 49.6 cm³/mol. The van der Waals surface area contributed by atoms with Gasteiger partial charge in [0.15, 0.2) is 5.69 Å². The van der Waals surface area contributed by atoms with Gasteiger partial charge < -0.3 is 4.74 Å². The molecule has 0 saturated heterocycles. The molecule has 0 bridgehead atoms. The maximum atomic E-state index is 11.4. The van der Waals surface area contributed by atoms with Crippen molar-refractivity contribution in [1.82, 2.24) is 19.6 Å². The van der Waals surface area contributed by atoms with E-state index in [0.29, 0.717) is 0 Å². The van der Waals surface area contributed by atoms with E-state index in [1.165, 1.54) is 10.8 Å². The molecule has 2 rings (SSSR count). The summed E-state index contributed by atoms with van der Waals surface area (Å²) < 4.78 is 6.00. The Hall–Kier alpha value is -2.18. The molecular formula is C8H8N4O3. The molecule has 0 atom stereocenters. The molecule has 0 radical (unpaired) electrons. The van der Waals surface area contributed by atoms with Crippen molar-refractivity contribution >= 4 is 11.7 Å². The molecular weight excluding hydrogens is 200 g/mol. The first-order valence-corrected chi connectivity index (χ1v) is 4.32. The molecule has 78 valence electrons. The van der Waals surface area contributed by atoms with Crippen LogP contribution in [0.25, 0.3) is 5.78 Å². The Morgan fingerprint density at radius 3 is 3.20 bits per heavy atom. The lowest BCUT2D eigenvalue weighted by molar-refractivity contribution is 0.0515. The summed E-state index contributed by atoms with van der Waals surface area (Å²) in [5.74, 6) is -0.385. The molecule has 0 saturated carbocycles. The maximum absolute atomic E-state index is 11.4. The van der Waals surface area contributed by atoms with E-state index < -0.39 is 11.5 Å². The minimum absolute atomic E-state index is 0.0631. The number of carbonyl (C=O) groups excluding carboxylic acids is 1. The molecule has 0 fully saturated rings. The van der Waals surface area contributed by atoms with Crippen molar-refractivity contribution < 1.29 is 9.53 Å². The fourth-order valence-electron chi connectivity index (χ4n) is 1.19. The average molecular weight is 208 g/mol. The van der Waals surface area contributed by atoms with E-state index in [-0.39, 0.29) is 18.1 Å². The highest BCUT2D eigenvalue weighted by molar-refractivity contribution is 5.87. The molecule has 2 heterocycles. The lowest BCUT2D eigenvalue weighted by Crippen LogP contribution is -2.18. The molecule has 15 heavy (non-hydrogen) atoms. The van der Waals surface area contributed by atoms with Crippen LogP contribution in [0.5, 0.6) is 0 Å². The van der Waals surface area contributed by atoms with Crippen molar-refractivity contribution in [1.29, 1.82) is 0 Å². The Morgan fingerprint density at radius 2 is 2.47 bits per heavy atom. The smallest absolute Gasteiger partial charge is 0.357 e. The zero-order chi connectivity index (χ0) is 10.8. The number of hydrogen-bond acceptors (Lipinski definition) is 5. The molecule has 0 spiro atoms. The summed E-state index contributed by atoms with van der Waals surface area (Å²) in [4.78, 5) is 28.8. The van der Waals surface area contributed by atoms with Crippen LogP contribution >= 0.6 is 0 Å². The number of carbonyl (C=O) groups is 1. The van der Waals surface area contributed by atoms with Crippen molar-refractivity contribution in [3.05, 3.63) is 28.4 Å². The minimum Gasteiger partial charge on any atom is -0.461 e. The molecule has 0 aromatic carbocycles. The van der Waals surface area contributed by atoms with Gasteiger partial charge in [-0.25, -0.2) is 4.79 Å². The normalized spacial score (nSPS) is 10.5. The fourth-order valence-corrected chi connectivity index (χ4v) is 1.19. The van der Waals surface area contributed by atoms with Crippen LogP contribution in [0, 0.1) is 0 Å². The lowest BCUT2D eigenvalue weighted by Gasteiger charge is -2.02. The van der Waals surface area contributed by atoms with Gasteiger partial charge in [-0.15, -0.1) is 0 Å². The number of H-pyrrole nitrogens is 1. The second kappa shape index (κ2) is 3.52. The second-order valence-electron chi connectivity index (χ2n) is 2.73. The highest BCUT2D eigenvalue weighted by Crippen LogP contribution is 1.99. The van der Waals surface area contributed by atoms with Gasteiger partial charge in [0.25, 0.3) is 5.56 Å². The first-order chi connectivity index (χ1) is 7.22. The SMILES string of the molecule is CCOC(=O)c1cc(=O)[nH]c2ncnn12. The van der Waals surface area contributed by atoms with Gasteiger partial charge in [0, 0.05) is 6.07 Å². The number of esters is 1. The van der Waals surface area contributed by atoms with Crippen molar-refractivity contribution in [2.75, 3.05) is 6.61 Å². The molecule has 7 nitrogen and oxygen atoms in total. The lowest BCUT2D eigenvalue weighted by atomic mass is 10.4. The number of rotatable bonds is 2. The maximum Gasteiger partial charge on any atom is 0.357 e. The molecule has 2 aromatic rings. The minimum atomic E-state index is -0.598. The Kier molecular flexibility index (Phi) is 2.20. The van der Waals surface area contributed by atoms with Gasteiger partial charge in [-0.2, -0.15) is 14.6 Å². The van der Waals surface area contributed by atoms with E-state index in [9.17, 15) is 9.59 Å². The Morgan fingerprint density at radius 1 is 1.67 bits per heavy atom. The molecule has 1 N–H and O–H groups in total. The van der Waals surface area contributed by atoms with E-state index in [4.69, 9.17) is 4.74 Å². The number of nitrogens with zero attached hydrogens (tertiary/aromatic N) is 3. The van der Waals surface area contributed by atoms with E-state index in [1.54, 1.807) is 6.92 Å². The van der Waals surface area contributed by atoms with Gasteiger partial charge in [0.05, 0.1) is 6.61 Å². The van der Waals surface area contributed by atoms with Crippen molar-refractivity contribution in [2.24, 2.45) is 0 Å². The summed E-state index contributed by atoms with van der Waals surface area (Å²) in [7, 11) is 0. The largest absolute Gasteiger partial charge is 0.461 e. The third-order valence-electron chi connectivity index (χ3n) is 1.76. The van der Waals surface area contributed by atoms with Gasteiger partial charge in [0.1, 0.15) is 6.33 Å². The monoisotopic (exact) mass is 208 g/mol. The molecule has 2 aromatic heterocycles. The number of nitrogens with one attached hydrogen (secondary N) is 1. The van der Waals surface area contributed by atoms with Crippen LogP contribution in [0.1, 0.15) is 17.4 Å². The van der Waals surface area contributed by atoms with Crippen molar-refractivity contribution in [2.45, 2.75) is 6.92 Å². The fraction of sp³-hybridized carbons (Fsp3) is 0.250. The molecule has 0 aliphatic rings. The van der Waals surface area contributed by atoms with Crippen LogP contribution in [-0.4, -0.2) is 32.2 Å². The third kappa shape index (κ3) is 1.58. The summed E-state index contributed by atoms with van der Waals surface area (Å²) in [6.45, 7) is 1.92. The average Bonchev–Trinajstić information content (AvgIpc) is 2.64. The number of ether oxygens (including phenoxy) is 1. The number of hydrogen-bond donors (Lipinski definition) is 1. The first kappa shape index (κ1) is 9.38. The summed E-state index contributed by atoms with van der Waals surface area (Å²) >= 11 is 0. The van der Waals surface area contributed by atoms with Crippen LogP contribution in [0.3, 0.4) is 0 Å². The van der Waals surface area contributed by atoms with Gasteiger partial charge in [-0.1, -0.05) is 0 Å². The highest BCUT2D eigenvalue weighted by atomic mass is 16.5. The van der Waals surface area contributed by atoms with E-state index >= 15 is 0 Å². The Bertz CT molecular complexity index is 556. The topological polar surface area (TPSA) is 89.4 Å². The van der Waals surface area contributed by atoms with Crippen molar-refractivity contribution in [3.8, 4) is 0 Å².